The largest absolute Gasteiger partial charge is 0.497 e. The van der Waals surface area contributed by atoms with Crippen molar-refractivity contribution >= 4 is 23.7 Å². The van der Waals surface area contributed by atoms with Crippen molar-refractivity contribution in [1.29, 1.82) is 0 Å². The number of nitrogens with one attached hydrogen (secondary N) is 2. The lowest BCUT2D eigenvalue weighted by molar-refractivity contribution is -0.124. The molecule has 2 aromatic rings. The normalized spacial score (nSPS) is 10.5. The highest BCUT2D eigenvalue weighted by Gasteiger charge is 2.06. The topological polar surface area (TPSA) is 79.8 Å². The fourth-order valence-corrected chi connectivity index (χ4v) is 2.01. The Labute approximate surface area is 146 Å². The first-order valence-electron chi connectivity index (χ1n) is 7.89. The molecule has 0 aliphatic heterocycles. The Balaban J connectivity index is 1.71. The van der Waals surface area contributed by atoms with Crippen LogP contribution in [0.2, 0.25) is 0 Å². The molecule has 0 spiro atoms. The molecule has 2 aromatic carbocycles. The van der Waals surface area contributed by atoms with Gasteiger partial charge in [-0.05, 0) is 36.8 Å². The van der Waals surface area contributed by atoms with Crippen LogP contribution >= 0.6 is 0 Å². The van der Waals surface area contributed by atoms with Crippen molar-refractivity contribution in [3.63, 3.8) is 0 Å². The van der Waals surface area contributed by atoms with Crippen LogP contribution in [0.25, 0.3) is 0 Å². The zero-order valence-electron chi connectivity index (χ0n) is 14.3. The minimum atomic E-state index is -0.312. The summed E-state index contributed by atoms with van der Waals surface area (Å²) in [4.78, 5) is 23.5. The van der Waals surface area contributed by atoms with Gasteiger partial charge in [-0.3, -0.25) is 9.59 Å². The molecule has 0 unspecified atom stereocenters. The van der Waals surface area contributed by atoms with E-state index in [0.717, 1.165) is 11.1 Å². The average molecular weight is 339 g/mol. The Morgan fingerprint density at radius 2 is 1.64 bits per heavy atom. The molecule has 0 saturated carbocycles. The fourth-order valence-electron chi connectivity index (χ4n) is 2.01. The number of carbonyl (C=O) groups is 2. The van der Waals surface area contributed by atoms with Crippen LogP contribution in [0.5, 0.6) is 5.75 Å². The van der Waals surface area contributed by atoms with E-state index < -0.39 is 0 Å². The average Bonchev–Trinajstić information content (AvgIpc) is 2.62. The van der Waals surface area contributed by atoms with Gasteiger partial charge >= 0.3 is 0 Å². The minimum absolute atomic E-state index is 0.0627. The number of ether oxygens (including phenoxy) is 1. The number of methoxy groups -OCH3 is 1. The molecule has 0 fully saturated rings. The van der Waals surface area contributed by atoms with Gasteiger partial charge in [0.25, 0.3) is 0 Å². The minimum Gasteiger partial charge on any atom is -0.497 e. The van der Waals surface area contributed by atoms with Crippen molar-refractivity contribution < 1.29 is 14.3 Å². The van der Waals surface area contributed by atoms with E-state index in [2.05, 4.69) is 15.8 Å². The first-order chi connectivity index (χ1) is 12.1. The van der Waals surface area contributed by atoms with Crippen LogP contribution in [0.4, 0.5) is 5.69 Å². The number of aryl methyl sites for hydroxylation is 1. The van der Waals surface area contributed by atoms with Gasteiger partial charge < -0.3 is 10.1 Å². The first kappa shape index (κ1) is 18.2. The molecule has 0 bridgehead atoms. The lowest BCUT2D eigenvalue weighted by Gasteiger charge is -2.06. The van der Waals surface area contributed by atoms with Crippen LogP contribution < -0.4 is 15.5 Å². The smallest absolute Gasteiger partial charge is 0.240 e. The summed E-state index contributed by atoms with van der Waals surface area (Å²) < 4.78 is 5.05. The number of hydrogen-bond acceptors (Lipinski definition) is 4. The van der Waals surface area contributed by atoms with E-state index in [-0.39, 0.29) is 24.7 Å². The van der Waals surface area contributed by atoms with Crippen LogP contribution in [0.3, 0.4) is 0 Å². The summed E-state index contributed by atoms with van der Waals surface area (Å²) in [6.45, 7) is 2.00. The van der Waals surface area contributed by atoms with Gasteiger partial charge in [0.2, 0.25) is 11.8 Å². The second-order valence-electron chi connectivity index (χ2n) is 5.48. The number of carbonyl (C=O) groups excluding carboxylic acids is 2. The summed E-state index contributed by atoms with van der Waals surface area (Å²) in [5.41, 5.74) is 5.12. The Bertz CT molecular complexity index is 738. The summed E-state index contributed by atoms with van der Waals surface area (Å²) in [7, 11) is 1.58. The van der Waals surface area contributed by atoms with Crippen LogP contribution in [0.15, 0.2) is 53.6 Å². The highest BCUT2D eigenvalue weighted by atomic mass is 16.5. The van der Waals surface area contributed by atoms with Gasteiger partial charge in [0.05, 0.1) is 13.3 Å². The van der Waals surface area contributed by atoms with Gasteiger partial charge in [-0.15, -0.1) is 0 Å². The second kappa shape index (κ2) is 9.22. The standard InChI is InChI=1S/C19H21N3O3/c1-14-3-5-15(6-4-14)13-20-22-19(24)12-11-18(23)21-16-7-9-17(25-2)10-8-16/h3-10,13H,11-12H2,1-2H3,(H,21,23)(H,22,24)/b20-13+. The van der Waals surface area contributed by atoms with Crippen LogP contribution in [0, 0.1) is 6.92 Å². The van der Waals surface area contributed by atoms with Crippen LogP contribution in [-0.2, 0) is 9.59 Å². The second-order valence-corrected chi connectivity index (χ2v) is 5.48. The molecule has 0 saturated heterocycles. The molecule has 25 heavy (non-hydrogen) atoms. The third-order valence-corrected chi connectivity index (χ3v) is 3.43. The van der Waals surface area contributed by atoms with Crippen molar-refractivity contribution in [2.75, 3.05) is 12.4 Å². The highest BCUT2D eigenvalue weighted by Crippen LogP contribution is 2.15. The van der Waals surface area contributed by atoms with Crippen molar-refractivity contribution in [1.82, 2.24) is 5.43 Å². The maximum Gasteiger partial charge on any atom is 0.240 e. The maximum atomic E-state index is 11.8. The van der Waals surface area contributed by atoms with Crippen LogP contribution in [0.1, 0.15) is 24.0 Å². The SMILES string of the molecule is COc1ccc(NC(=O)CCC(=O)N/N=C/c2ccc(C)cc2)cc1. The molecule has 0 aliphatic rings. The maximum absolute atomic E-state index is 11.8. The Morgan fingerprint density at radius 3 is 2.28 bits per heavy atom. The van der Waals surface area contributed by atoms with Gasteiger partial charge in [-0.2, -0.15) is 5.10 Å². The molecule has 6 heteroatoms. The summed E-state index contributed by atoms with van der Waals surface area (Å²) in [6, 6.07) is 14.7. The number of amides is 2. The Morgan fingerprint density at radius 1 is 1.00 bits per heavy atom. The number of nitrogens with zero attached hydrogens (tertiary/aromatic N) is 1. The number of rotatable bonds is 7. The predicted octanol–water partition coefficient (Wildman–Crippen LogP) is 2.87. The molecular formula is C19H21N3O3. The lowest BCUT2D eigenvalue weighted by Crippen LogP contribution is -2.20. The third kappa shape index (κ3) is 6.47. The first-order valence-corrected chi connectivity index (χ1v) is 7.89. The van der Waals surface area contributed by atoms with Crippen molar-refractivity contribution in [3.8, 4) is 5.75 Å². The number of hydrogen-bond donors (Lipinski definition) is 2. The van der Waals surface area contributed by atoms with E-state index in [1.54, 1.807) is 37.6 Å². The molecule has 2 rings (SSSR count). The molecule has 0 heterocycles. The predicted molar refractivity (Wildman–Crippen MR) is 97.8 cm³/mol. The van der Waals surface area contributed by atoms with Crippen molar-refractivity contribution in [3.05, 3.63) is 59.7 Å². The van der Waals surface area contributed by atoms with E-state index in [0.29, 0.717) is 11.4 Å². The summed E-state index contributed by atoms with van der Waals surface area (Å²) in [6.07, 6.45) is 1.71. The van der Waals surface area contributed by atoms with E-state index in [9.17, 15) is 9.59 Å². The molecular weight excluding hydrogens is 318 g/mol. The molecule has 0 aromatic heterocycles. The Hall–Kier alpha value is -3.15. The van der Waals surface area contributed by atoms with E-state index in [4.69, 9.17) is 4.74 Å². The quantitative estimate of drug-likeness (QED) is 0.601. The third-order valence-electron chi connectivity index (χ3n) is 3.43. The zero-order chi connectivity index (χ0) is 18.1. The molecule has 6 nitrogen and oxygen atoms in total. The fraction of sp³-hybridized carbons (Fsp3) is 0.211. The van der Waals surface area contributed by atoms with Crippen molar-refractivity contribution in [2.24, 2.45) is 5.10 Å². The Kier molecular flexibility index (Phi) is 6.71. The highest BCUT2D eigenvalue weighted by molar-refractivity contribution is 5.93. The molecule has 0 radical (unpaired) electrons. The van der Waals surface area contributed by atoms with Gasteiger partial charge in [-0.1, -0.05) is 29.8 Å². The van der Waals surface area contributed by atoms with E-state index in [1.807, 2.05) is 31.2 Å². The number of anilines is 1. The van der Waals surface area contributed by atoms with Gasteiger partial charge in [0, 0.05) is 18.5 Å². The monoisotopic (exact) mass is 339 g/mol. The molecule has 0 aliphatic carbocycles. The van der Waals surface area contributed by atoms with E-state index in [1.165, 1.54) is 0 Å². The summed E-state index contributed by atoms with van der Waals surface area (Å²) in [5.74, 6) is 0.167. The number of benzene rings is 2. The molecule has 2 N–H and O–H groups in total. The van der Waals surface area contributed by atoms with Crippen LogP contribution in [-0.4, -0.2) is 25.1 Å². The zero-order valence-corrected chi connectivity index (χ0v) is 14.3. The van der Waals surface area contributed by atoms with Crippen molar-refractivity contribution in [2.45, 2.75) is 19.8 Å². The van der Waals surface area contributed by atoms with Gasteiger partial charge in [0.15, 0.2) is 0 Å². The molecule has 0 atom stereocenters. The van der Waals surface area contributed by atoms with Gasteiger partial charge in [-0.25, -0.2) is 5.43 Å². The summed E-state index contributed by atoms with van der Waals surface area (Å²) in [5, 5.41) is 6.60. The van der Waals surface area contributed by atoms with E-state index >= 15 is 0 Å². The number of hydrazone groups is 1. The molecule has 130 valence electrons. The molecule has 2 amide bonds. The lowest BCUT2D eigenvalue weighted by atomic mass is 10.2. The van der Waals surface area contributed by atoms with Gasteiger partial charge in [0.1, 0.15) is 5.75 Å². The summed E-state index contributed by atoms with van der Waals surface area (Å²) >= 11 is 0.